The summed E-state index contributed by atoms with van der Waals surface area (Å²) in [5, 5.41) is 17.0. The fourth-order valence-electron chi connectivity index (χ4n) is 3.34. The molecule has 0 amide bonds. The number of aliphatic carboxylic acids is 1. The third-order valence-electron chi connectivity index (χ3n) is 4.90. The molecule has 3 N–H and O–H groups in total. The number of carboxylic acids is 1. The quantitative estimate of drug-likeness (QED) is 0.548. The van der Waals surface area contributed by atoms with E-state index >= 15 is 0 Å². The average molecular weight is 374 g/mol. The van der Waals surface area contributed by atoms with Crippen molar-refractivity contribution in [3.63, 3.8) is 0 Å². The molecule has 1 aliphatic rings. The fourth-order valence-corrected chi connectivity index (χ4v) is 3.34. The van der Waals surface area contributed by atoms with Crippen LogP contribution in [-0.2, 0) is 4.79 Å². The molecule has 0 aliphatic carbocycles. The van der Waals surface area contributed by atoms with Gasteiger partial charge in [-0.05, 0) is 27.7 Å². The normalized spacial score (nSPS) is 16.4. The van der Waals surface area contributed by atoms with Crippen LogP contribution in [0.3, 0.4) is 0 Å². The Morgan fingerprint density at radius 1 is 1.41 bits per heavy atom. The van der Waals surface area contributed by atoms with Gasteiger partial charge < -0.3 is 24.5 Å². The second-order valence-corrected chi connectivity index (χ2v) is 7.04. The molecule has 1 aromatic carbocycles. The number of aryl methyl sites for hydroxylation is 2. The van der Waals surface area contributed by atoms with E-state index in [0.29, 0.717) is 17.3 Å². The number of ether oxygens (including phenoxy) is 2. The second kappa shape index (κ2) is 7.46. The Hall–Kier alpha value is -2.77. The average Bonchev–Trinajstić information content (AvgIpc) is 2.99. The Labute approximate surface area is 158 Å². The molecule has 0 radical (unpaired) electrons. The summed E-state index contributed by atoms with van der Waals surface area (Å²) >= 11 is 0. The Bertz CT molecular complexity index is 868. The zero-order chi connectivity index (χ0) is 19.7. The lowest BCUT2D eigenvalue weighted by atomic mass is 10.1. The van der Waals surface area contributed by atoms with Crippen LogP contribution in [0.25, 0.3) is 11.0 Å². The van der Waals surface area contributed by atoms with Crippen LogP contribution < -0.4 is 9.47 Å². The van der Waals surface area contributed by atoms with Crippen LogP contribution in [0.5, 0.6) is 11.5 Å². The number of hydrogen-bond donors (Lipinski definition) is 3. The Morgan fingerprint density at radius 2 is 2.07 bits per heavy atom. The van der Waals surface area contributed by atoms with Gasteiger partial charge in [0, 0.05) is 37.6 Å². The number of carbonyl (C=O) groups is 1. The van der Waals surface area contributed by atoms with Crippen molar-refractivity contribution in [1.29, 1.82) is 5.41 Å². The van der Waals surface area contributed by atoms with Gasteiger partial charge >= 0.3 is 5.97 Å². The number of aromatic nitrogens is 2. The first-order valence-corrected chi connectivity index (χ1v) is 9.12. The summed E-state index contributed by atoms with van der Waals surface area (Å²) in [5.41, 5.74) is 2.34. The smallest absolute Gasteiger partial charge is 0.344 e. The number of nitrogens with one attached hydrogen (secondary N) is 2. The summed E-state index contributed by atoms with van der Waals surface area (Å²) < 4.78 is 12.0. The number of aromatic amines is 1. The third kappa shape index (κ3) is 3.99. The van der Waals surface area contributed by atoms with Crippen LogP contribution in [0.2, 0.25) is 0 Å². The van der Waals surface area contributed by atoms with E-state index in [1.807, 2.05) is 24.8 Å². The molecule has 146 valence electrons. The molecule has 8 heteroatoms. The number of carboxylic acid groups (broad SMARTS) is 1. The van der Waals surface area contributed by atoms with Gasteiger partial charge in [0.15, 0.2) is 17.6 Å². The number of piperidine rings is 1. The largest absolute Gasteiger partial charge is 0.486 e. The molecule has 2 aromatic rings. The van der Waals surface area contributed by atoms with Crippen molar-refractivity contribution in [1.82, 2.24) is 14.9 Å². The van der Waals surface area contributed by atoms with E-state index in [2.05, 4.69) is 9.97 Å². The molecular formula is C19H26N4O4. The van der Waals surface area contributed by atoms with E-state index in [1.165, 1.54) is 6.92 Å². The van der Waals surface area contributed by atoms with E-state index in [0.717, 1.165) is 48.4 Å². The van der Waals surface area contributed by atoms with E-state index in [-0.39, 0.29) is 6.10 Å². The molecule has 27 heavy (non-hydrogen) atoms. The predicted octanol–water partition coefficient (Wildman–Crippen LogP) is 2.87. The molecule has 1 saturated heterocycles. The van der Waals surface area contributed by atoms with Crippen LogP contribution in [0.1, 0.15) is 38.1 Å². The highest BCUT2D eigenvalue weighted by Crippen LogP contribution is 2.38. The van der Waals surface area contributed by atoms with Gasteiger partial charge in [0.05, 0.1) is 16.9 Å². The van der Waals surface area contributed by atoms with Gasteiger partial charge in [-0.3, -0.25) is 5.41 Å². The molecule has 1 unspecified atom stereocenters. The molecule has 8 nitrogen and oxygen atoms in total. The number of benzene rings is 1. The van der Waals surface area contributed by atoms with Crippen molar-refractivity contribution >= 4 is 22.8 Å². The number of rotatable bonds is 5. The maximum absolute atomic E-state index is 11.3. The summed E-state index contributed by atoms with van der Waals surface area (Å²) in [6, 6.07) is 1.83. The standard InChI is InChI=1S/C19H26N4O4/c1-10-17-15(21-13(4)22-17)9-16(18(10)26-11(2)19(24)25)27-14-5-7-23(8-6-14)12(3)20/h9,11,14,20H,5-8H2,1-4H3,(H,21,22)(H,24,25). The molecule has 0 bridgehead atoms. The van der Waals surface area contributed by atoms with Crippen LogP contribution in [0.15, 0.2) is 6.07 Å². The molecule has 0 saturated carbocycles. The van der Waals surface area contributed by atoms with E-state index in [1.54, 1.807) is 6.92 Å². The summed E-state index contributed by atoms with van der Waals surface area (Å²) in [7, 11) is 0. The van der Waals surface area contributed by atoms with E-state index < -0.39 is 12.1 Å². The topological polar surface area (TPSA) is 112 Å². The maximum atomic E-state index is 11.3. The lowest BCUT2D eigenvalue weighted by Gasteiger charge is -2.33. The van der Waals surface area contributed by atoms with Crippen molar-refractivity contribution in [2.24, 2.45) is 0 Å². The van der Waals surface area contributed by atoms with Gasteiger partial charge in [-0.15, -0.1) is 0 Å². The minimum Gasteiger partial charge on any atom is -0.486 e. The van der Waals surface area contributed by atoms with Crippen molar-refractivity contribution in [3.8, 4) is 11.5 Å². The highest BCUT2D eigenvalue weighted by molar-refractivity contribution is 5.84. The number of likely N-dealkylation sites (tertiary alicyclic amines) is 1. The van der Waals surface area contributed by atoms with Crippen molar-refractivity contribution in [2.45, 2.75) is 52.7 Å². The number of imidazole rings is 1. The van der Waals surface area contributed by atoms with Crippen LogP contribution in [0, 0.1) is 19.3 Å². The molecule has 0 spiro atoms. The molecule has 3 rings (SSSR count). The predicted molar refractivity (Wildman–Crippen MR) is 102 cm³/mol. The minimum atomic E-state index is -1.03. The lowest BCUT2D eigenvalue weighted by Crippen LogP contribution is -2.40. The summed E-state index contributed by atoms with van der Waals surface area (Å²) in [5.74, 6) is 1.26. The number of amidine groups is 1. The minimum absolute atomic E-state index is 0.0102. The van der Waals surface area contributed by atoms with Gasteiger partial charge in [0.1, 0.15) is 11.9 Å². The number of fused-ring (bicyclic) bond motifs is 1. The van der Waals surface area contributed by atoms with Gasteiger partial charge in [-0.1, -0.05) is 0 Å². The zero-order valence-electron chi connectivity index (χ0n) is 16.1. The van der Waals surface area contributed by atoms with Gasteiger partial charge in [0.2, 0.25) is 0 Å². The molecule has 1 aromatic heterocycles. The van der Waals surface area contributed by atoms with Crippen LogP contribution >= 0.6 is 0 Å². The van der Waals surface area contributed by atoms with Gasteiger partial charge in [-0.2, -0.15) is 0 Å². The summed E-state index contributed by atoms with van der Waals surface area (Å²) in [6.07, 6.45) is 0.585. The lowest BCUT2D eigenvalue weighted by molar-refractivity contribution is -0.144. The Kier molecular flexibility index (Phi) is 5.25. The van der Waals surface area contributed by atoms with Crippen LogP contribution in [-0.4, -0.2) is 57.1 Å². The first-order chi connectivity index (χ1) is 12.8. The fraction of sp³-hybridized carbons (Fsp3) is 0.526. The van der Waals surface area contributed by atoms with Crippen molar-refractivity contribution in [2.75, 3.05) is 13.1 Å². The summed E-state index contributed by atoms with van der Waals surface area (Å²) in [6.45, 7) is 8.56. The molecule has 1 atom stereocenters. The zero-order valence-corrected chi connectivity index (χ0v) is 16.1. The number of nitrogens with zero attached hydrogens (tertiary/aromatic N) is 2. The van der Waals surface area contributed by atoms with Gasteiger partial charge in [-0.25, -0.2) is 9.78 Å². The van der Waals surface area contributed by atoms with Crippen molar-refractivity contribution in [3.05, 3.63) is 17.5 Å². The number of H-pyrrole nitrogens is 1. The molecule has 1 fully saturated rings. The molecular weight excluding hydrogens is 348 g/mol. The first-order valence-electron chi connectivity index (χ1n) is 9.12. The monoisotopic (exact) mass is 374 g/mol. The number of hydrogen-bond acceptors (Lipinski definition) is 5. The van der Waals surface area contributed by atoms with Crippen LogP contribution in [0.4, 0.5) is 0 Å². The second-order valence-electron chi connectivity index (χ2n) is 7.04. The highest BCUT2D eigenvalue weighted by Gasteiger charge is 2.25. The first kappa shape index (κ1) is 19.0. The Morgan fingerprint density at radius 3 is 2.67 bits per heavy atom. The Balaban J connectivity index is 1.90. The van der Waals surface area contributed by atoms with E-state index in [4.69, 9.17) is 14.9 Å². The molecule has 2 heterocycles. The third-order valence-corrected chi connectivity index (χ3v) is 4.90. The highest BCUT2D eigenvalue weighted by atomic mass is 16.5. The summed E-state index contributed by atoms with van der Waals surface area (Å²) in [4.78, 5) is 21.0. The van der Waals surface area contributed by atoms with Gasteiger partial charge in [0.25, 0.3) is 0 Å². The molecule has 1 aliphatic heterocycles. The van der Waals surface area contributed by atoms with E-state index in [9.17, 15) is 9.90 Å². The SMILES string of the molecule is CC(=N)N1CCC(Oc2cc3[nH]c(C)nc3c(C)c2OC(C)C(=O)O)CC1. The maximum Gasteiger partial charge on any atom is 0.344 e. The van der Waals surface area contributed by atoms with Crippen molar-refractivity contribution < 1.29 is 19.4 Å².